The number of aliphatic hydroxyl groups is 1. The molecule has 0 saturated heterocycles. The molecule has 0 aromatic heterocycles. The molecule has 1 N–H and O–H groups in total. The maximum absolute atomic E-state index is 10.2. The van der Waals surface area contributed by atoms with Crippen molar-refractivity contribution < 1.29 is 5.11 Å². The standard InChI is InChI=1S/C27H44O/c1-6-18(2)7-8-19(3)23-11-12-24-22-10-9-20-17-21(28)13-15-26(20,4)25(22)14-16-27(23,24)5/h7-9,18-19,21-25,28H,6,10-17H2,1-5H3/t18-,19+,21-,22-,23+,24-,25-,26-,27+/m0/s1. The highest BCUT2D eigenvalue weighted by atomic mass is 16.3. The third-order valence-corrected chi connectivity index (χ3v) is 10.2. The molecule has 0 bridgehead atoms. The monoisotopic (exact) mass is 384 g/mol. The van der Waals surface area contributed by atoms with Gasteiger partial charge in [-0.25, -0.2) is 0 Å². The molecular weight excluding hydrogens is 340 g/mol. The summed E-state index contributed by atoms with van der Waals surface area (Å²) in [6, 6.07) is 0. The van der Waals surface area contributed by atoms with E-state index in [1.165, 1.54) is 44.9 Å². The molecule has 0 heterocycles. The van der Waals surface area contributed by atoms with Crippen LogP contribution in [0.15, 0.2) is 23.8 Å². The molecule has 1 nitrogen and oxygen atoms in total. The molecule has 0 spiro atoms. The zero-order valence-electron chi connectivity index (χ0n) is 19.1. The van der Waals surface area contributed by atoms with Gasteiger partial charge in [-0.3, -0.25) is 0 Å². The lowest BCUT2D eigenvalue weighted by Gasteiger charge is -2.58. The molecule has 0 aliphatic heterocycles. The molecule has 3 fully saturated rings. The van der Waals surface area contributed by atoms with Crippen LogP contribution in [0.3, 0.4) is 0 Å². The van der Waals surface area contributed by atoms with E-state index in [-0.39, 0.29) is 6.10 Å². The molecule has 0 radical (unpaired) electrons. The van der Waals surface area contributed by atoms with Gasteiger partial charge in [0.15, 0.2) is 0 Å². The first kappa shape index (κ1) is 20.7. The van der Waals surface area contributed by atoms with Crippen LogP contribution in [0.5, 0.6) is 0 Å². The largest absolute Gasteiger partial charge is 0.393 e. The normalized spacial score (nSPS) is 47.8. The summed E-state index contributed by atoms with van der Waals surface area (Å²) in [5, 5.41) is 10.2. The Bertz CT molecular complexity index is 632. The van der Waals surface area contributed by atoms with Crippen LogP contribution in [0.2, 0.25) is 0 Å². The Labute approximate surface area is 174 Å². The fourth-order valence-corrected chi connectivity index (χ4v) is 8.18. The number of allylic oxidation sites excluding steroid dienone is 3. The van der Waals surface area contributed by atoms with E-state index < -0.39 is 0 Å². The SMILES string of the molecule is CC[C@H](C)C=C[C@@H](C)[C@H]1CC[C@H]2[C@@H]3CC=C4C[C@@H](O)CC[C@]4(C)[C@H]3CC[C@]12C. The fraction of sp³-hybridized carbons (Fsp3) is 0.852. The lowest BCUT2D eigenvalue weighted by Crippen LogP contribution is -2.50. The summed E-state index contributed by atoms with van der Waals surface area (Å²) >= 11 is 0. The zero-order valence-corrected chi connectivity index (χ0v) is 19.1. The Hall–Kier alpha value is -0.560. The zero-order chi connectivity index (χ0) is 20.1. The molecule has 9 atom stereocenters. The van der Waals surface area contributed by atoms with Gasteiger partial charge in [0.2, 0.25) is 0 Å². The van der Waals surface area contributed by atoms with Gasteiger partial charge in [0.1, 0.15) is 0 Å². The molecule has 4 aliphatic rings. The summed E-state index contributed by atoms with van der Waals surface area (Å²) in [7, 11) is 0. The van der Waals surface area contributed by atoms with Crippen molar-refractivity contribution in [2.75, 3.05) is 0 Å². The van der Waals surface area contributed by atoms with E-state index in [1.807, 2.05) is 0 Å². The summed E-state index contributed by atoms with van der Waals surface area (Å²) in [5.41, 5.74) is 2.52. The van der Waals surface area contributed by atoms with E-state index in [1.54, 1.807) is 5.57 Å². The lowest BCUT2D eigenvalue weighted by molar-refractivity contribution is -0.0540. The van der Waals surface area contributed by atoms with Crippen LogP contribution in [0.4, 0.5) is 0 Å². The average molecular weight is 385 g/mol. The molecule has 0 aromatic rings. The number of hydrogen-bond donors (Lipinski definition) is 1. The second kappa shape index (κ2) is 7.60. The maximum atomic E-state index is 10.2. The smallest absolute Gasteiger partial charge is 0.0577 e. The van der Waals surface area contributed by atoms with Crippen LogP contribution in [0, 0.1) is 46.3 Å². The molecule has 0 unspecified atom stereocenters. The molecule has 0 aromatic carbocycles. The van der Waals surface area contributed by atoms with Gasteiger partial charge >= 0.3 is 0 Å². The minimum Gasteiger partial charge on any atom is -0.393 e. The van der Waals surface area contributed by atoms with Crippen molar-refractivity contribution in [2.45, 2.75) is 98.5 Å². The Morgan fingerprint density at radius 1 is 1.07 bits per heavy atom. The third kappa shape index (κ3) is 3.24. The van der Waals surface area contributed by atoms with Crippen LogP contribution in [-0.4, -0.2) is 11.2 Å². The van der Waals surface area contributed by atoms with Gasteiger partial charge in [-0.05, 0) is 97.7 Å². The van der Waals surface area contributed by atoms with Gasteiger partial charge in [0.25, 0.3) is 0 Å². The predicted molar refractivity (Wildman–Crippen MR) is 119 cm³/mol. The molecular formula is C27H44O. The van der Waals surface area contributed by atoms with E-state index in [0.717, 1.165) is 42.4 Å². The molecule has 158 valence electrons. The van der Waals surface area contributed by atoms with E-state index in [0.29, 0.717) is 16.7 Å². The van der Waals surface area contributed by atoms with Crippen LogP contribution in [0.1, 0.15) is 92.4 Å². The van der Waals surface area contributed by atoms with Crippen LogP contribution >= 0.6 is 0 Å². The Morgan fingerprint density at radius 3 is 2.61 bits per heavy atom. The molecule has 1 heteroatoms. The van der Waals surface area contributed by atoms with Crippen LogP contribution in [-0.2, 0) is 0 Å². The van der Waals surface area contributed by atoms with Gasteiger partial charge in [-0.2, -0.15) is 0 Å². The first-order valence-corrected chi connectivity index (χ1v) is 12.4. The molecule has 4 aliphatic carbocycles. The number of rotatable bonds is 4. The van der Waals surface area contributed by atoms with Crippen molar-refractivity contribution in [1.29, 1.82) is 0 Å². The Morgan fingerprint density at radius 2 is 1.86 bits per heavy atom. The highest BCUT2D eigenvalue weighted by molar-refractivity contribution is 5.25. The van der Waals surface area contributed by atoms with Crippen molar-refractivity contribution in [2.24, 2.45) is 46.3 Å². The van der Waals surface area contributed by atoms with E-state index >= 15 is 0 Å². The summed E-state index contributed by atoms with van der Waals surface area (Å²) in [4.78, 5) is 0. The van der Waals surface area contributed by atoms with Gasteiger partial charge in [-0.1, -0.05) is 64.8 Å². The van der Waals surface area contributed by atoms with Crippen LogP contribution in [0.25, 0.3) is 0 Å². The summed E-state index contributed by atoms with van der Waals surface area (Å²) in [6.45, 7) is 12.3. The second-order valence-electron chi connectivity index (χ2n) is 11.5. The second-order valence-corrected chi connectivity index (χ2v) is 11.5. The lowest BCUT2D eigenvalue weighted by atomic mass is 9.47. The van der Waals surface area contributed by atoms with Crippen molar-refractivity contribution in [3.8, 4) is 0 Å². The van der Waals surface area contributed by atoms with Crippen molar-refractivity contribution in [3.05, 3.63) is 23.8 Å². The summed E-state index contributed by atoms with van der Waals surface area (Å²) in [5.74, 6) is 4.96. The van der Waals surface area contributed by atoms with Crippen LogP contribution < -0.4 is 0 Å². The number of fused-ring (bicyclic) bond motifs is 5. The number of aliphatic hydroxyl groups excluding tert-OH is 1. The van der Waals surface area contributed by atoms with Gasteiger partial charge in [0, 0.05) is 0 Å². The molecule has 28 heavy (non-hydrogen) atoms. The minimum absolute atomic E-state index is 0.0845. The highest BCUT2D eigenvalue weighted by Crippen LogP contribution is 2.67. The quantitative estimate of drug-likeness (QED) is 0.510. The summed E-state index contributed by atoms with van der Waals surface area (Å²) in [6.07, 6.45) is 19.0. The summed E-state index contributed by atoms with van der Waals surface area (Å²) < 4.78 is 0. The topological polar surface area (TPSA) is 20.2 Å². The first-order chi connectivity index (χ1) is 13.3. The third-order valence-electron chi connectivity index (χ3n) is 10.2. The van der Waals surface area contributed by atoms with E-state index in [9.17, 15) is 5.11 Å². The predicted octanol–water partition coefficient (Wildman–Crippen LogP) is 7.16. The van der Waals surface area contributed by atoms with E-state index in [2.05, 4.69) is 52.8 Å². The molecule has 4 rings (SSSR count). The maximum Gasteiger partial charge on any atom is 0.0577 e. The average Bonchev–Trinajstić information content (AvgIpc) is 3.03. The minimum atomic E-state index is -0.0845. The van der Waals surface area contributed by atoms with Crippen molar-refractivity contribution in [3.63, 3.8) is 0 Å². The van der Waals surface area contributed by atoms with Crippen molar-refractivity contribution >= 4 is 0 Å². The highest BCUT2D eigenvalue weighted by Gasteiger charge is 2.58. The Balaban J connectivity index is 1.54. The molecule has 0 amide bonds. The Kier molecular flexibility index (Phi) is 5.62. The molecule has 3 saturated carbocycles. The van der Waals surface area contributed by atoms with Gasteiger partial charge in [-0.15, -0.1) is 0 Å². The van der Waals surface area contributed by atoms with Gasteiger partial charge in [0.05, 0.1) is 6.10 Å². The van der Waals surface area contributed by atoms with Gasteiger partial charge < -0.3 is 5.11 Å². The first-order valence-electron chi connectivity index (χ1n) is 12.4. The fourth-order valence-electron chi connectivity index (χ4n) is 8.18. The van der Waals surface area contributed by atoms with E-state index in [4.69, 9.17) is 0 Å². The van der Waals surface area contributed by atoms with Crippen molar-refractivity contribution in [1.82, 2.24) is 0 Å². The number of hydrogen-bond acceptors (Lipinski definition) is 1.